The van der Waals surface area contributed by atoms with Crippen molar-refractivity contribution < 1.29 is 13.9 Å². The van der Waals surface area contributed by atoms with E-state index in [1.807, 2.05) is 19.0 Å². The minimum atomic E-state index is -0.531. The van der Waals surface area contributed by atoms with Crippen molar-refractivity contribution in [3.63, 3.8) is 0 Å². The monoisotopic (exact) mass is 383 g/mol. The van der Waals surface area contributed by atoms with Gasteiger partial charge in [0.15, 0.2) is 11.4 Å². The van der Waals surface area contributed by atoms with Crippen LogP contribution in [0.3, 0.4) is 0 Å². The molecule has 0 bridgehead atoms. The Labute approximate surface area is 161 Å². The molecule has 2 aromatic heterocycles. The second kappa shape index (κ2) is 7.34. The number of amides is 1. The molecule has 1 unspecified atom stereocenters. The Balaban J connectivity index is 1.44. The molecular formula is C19H21N5O4. The molecule has 0 saturated carbocycles. The highest BCUT2D eigenvalue weighted by Crippen LogP contribution is 2.24. The summed E-state index contributed by atoms with van der Waals surface area (Å²) in [5.74, 6) is 0.413. The number of rotatable bonds is 5. The molecule has 0 aliphatic carbocycles. The van der Waals surface area contributed by atoms with Gasteiger partial charge >= 0.3 is 5.76 Å². The number of nitrogens with zero attached hydrogens (tertiary/aromatic N) is 5. The van der Waals surface area contributed by atoms with Gasteiger partial charge in [-0.25, -0.2) is 14.8 Å². The van der Waals surface area contributed by atoms with Crippen LogP contribution in [0.1, 0.15) is 6.42 Å². The SMILES string of the molecule is CN(C)c1nccnc1OC1CCN(C(=O)Cn2c(=O)oc3ccccc32)C1. The van der Waals surface area contributed by atoms with Crippen molar-refractivity contribution in [2.75, 3.05) is 32.1 Å². The number of fused-ring (bicyclic) bond motifs is 1. The Morgan fingerprint density at radius 1 is 1.29 bits per heavy atom. The summed E-state index contributed by atoms with van der Waals surface area (Å²) >= 11 is 0. The number of carbonyl (C=O) groups excluding carboxylic acids is 1. The highest BCUT2D eigenvalue weighted by molar-refractivity contribution is 5.79. The number of anilines is 1. The zero-order chi connectivity index (χ0) is 19.7. The zero-order valence-electron chi connectivity index (χ0n) is 15.7. The number of para-hydroxylation sites is 2. The van der Waals surface area contributed by atoms with Gasteiger partial charge in [0.05, 0.1) is 12.1 Å². The van der Waals surface area contributed by atoms with Crippen LogP contribution < -0.4 is 15.4 Å². The lowest BCUT2D eigenvalue weighted by Gasteiger charge is -2.19. The maximum absolute atomic E-state index is 12.7. The number of benzene rings is 1. The van der Waals surface area contributed by atoms with Gasteiger partial charge in [0, 0.05) is 39.5 Å². The van der Waals surface area contributed by atoms with E-state index in [0.29, 0.717) is 42.3 Å². The molecule has 3 aromatic rings. The number of hydrogen-bond donors (Lipinski definition) is 0. The van der Waals surface area contributed by atoms with Crippen LogP contribution >= 0.6 is 0 Å². The summed E-state index contributed by atoms with van der Waals surface area (Å²) in [4.78, 5) is 36.8. The third-order valence-corrected chi connectivity index (χ3v) is 4.71. The van der Waals surface area contributed by atoms with E-state index in [0.717, 1.165) is 0 Å². The van der Waals surface area contributed by atoms with Crippen molar-refractivity contribution in [2.24, 2.45) is 0 Å². The second-order valence-electron chi connectivity index (χ2n) is 6.87. The highest BCUT2D eigenvalue weighted by atomic mass is 16.5. The topological polar surface area (TPSA) is 93.7 Å². The maximum Gasteiger partial charge on any atom is 0.420 e. The van der Waals surface area contributed by atoms with Crippen LogP contribution in [0.2, 0.25) is 0 Å². The summed E-state index contributed by atoms with van der Waals surface area (Å²) < 4.78 is 12.5. The molecule has 9 nitrogen and oxygen atoms in total. The fraction of sp³-hybridized carbons (Fsp3) is 0.368. The Bertz CT molecular complexity index is 1060. The molecule has 0 spiro atoms. The molecule has 4 rings (SSSR count). The van der Waals surface area contributed by atoms with Crippen molar-refractivity contribution in [3.8, 4) is 5.88 Å². The fourth-order valence-electron chi connectivity index (χ4n) is 3.32. The number of likely N-dealkylation sites (tertiary alicyclic amines) is 1. The van der Waals surface area contributed by atoms with E-state index < -0.39 is 5.76 Å². The summed E-state index contributed by atoms with van der Waals surface area (Å²) in [5, 5.41) is 0. The van der Waals surface area contributed by atoms with Gasteiger partial charge in [-0.3, -0.25) is 9.36 Å². The van der Waals surface area contributed by atoms with Gasteiger partial charge in [-0.2, -0.15) is 0 Å². The predicted molar refractivity (Wildman–Crippen MR) is 102 cm³/mol. The van der Waals surface area contributed by atoms with Crippen molar-refractivity contribution >= 4 is 22.8 Å². The van der Waals surface area contributed by atoms with E-state index in [2.05, 4.69) is 9.97 Å². The van der Waals surface area contributed by atoms with Crippen LogP contribution in [-0.2, 0) is 11.3 Å². The molecule has 3 heterocycles. The number of hydrogen-bond acceptors (Lipinski definition) is 7. The summed E-state index contributed by atoms with van der Waals surface area (Å²) in [5.41, 5.74) is 1.09. The molecule has 1 fully saturated rings. The molecule has 9 heteroatoms. The van der Waals surface area contributed by atoms with Crippen LogP contribution in [0.15, 0.2) is 45.9 Å². The van der Waals surface area contributed by atoms with Crippen LogP contribution in [0.5, 0.6) is 5.88 Å². The standard InChI is InChI=1S/C19H21N5O4/c1-22(2)17-18(21-9-8-20-17)27-13-7-10-23(11-13)16(25)12-24-14-5-3-4-6-15(14)28-19(24)26/h3-6,8-9,13H,7,10-12H2,1-2H3. The van der Waals surface area contributed by atoms with Crippen LogP contribution in [0, 0.1) is 0 Å². The number of carbonyl (C=O) groups is 1. The Kier molecular flexibility index (Phi) is 4.72. The van der Waals surface area contributed by atoms with Crippen molar-refractivity contribution in [1.29, 1.82) is 0 Å². The van der Waals surface area contributed by atoms with Crippen molar-refractivity contribution in [3.05, 3.63) is 47.2 Å². The maximum atomic E-state index is 12.7. The van der Waals surface area contributed by atoms with Crippen LogP contribution in [0.25, 0.3) is 11.1 Å². The van der Waals surface area contributed by atoms with Gasteiger partial charge < -0.3 is 19.0 Å². The van der Waals surface area contributed by atoms with Gasteiger partial charge in [-0.15, -0.1) is 0 Å². The first-order chi connectivity index (χ1) is 13.5. The van der Waals surface area contributed by atoms with Crippen molar-refractivity contribution in [1.82, 2.24) is 19.4 Å². The first-order valence-electron chi connectivity index (χ1n) is 9.04. The third kappa shape index (κ3) is 3.42. The lowest BCUT2D eigenvalue weighted by Crippen LogP contribution is -2.35. The average molecular weight is 383 g/mol. The lowest BCUT2D eigenvalue weighted by atomic mass is 10.3. The Morgan fingerprint density at radius 3 is 2.89 bits per heavy atom. The minimum absolute atomic E-state index is 0.0589. The van der Waals surface area contributed by atoms with E-state index in [-0.39, 0.29) is 18.6 Å². The minimum Gasteiger partial charge on any atom is -0.470 e. The van der Waals surface area contributed by atoms with Crippen LogP contribution in [-0.4, -0.2) is 58.6 Å². The molecule has 1 aliphatic rings. The average Bonchev–Trinajstić information content (AvgIpc) is 3.27. The van der Waals surface area contributed by atoms with Gasteiger partial charge in [-0.1, -0.05) is 12.1 Å². The van der Waals surface area contributed by atoms with E-state index in [4.69, 9.17) is 9.15 Å². The summed E-state index contributed by atoms with van der Waals surface area (Å²) in [6.07, 6.45) is 3.71. The first kappa shape index (κ1) is 18.0. The Morgan fingerprint density at radius 2 is 2.07 bits per heavy atom. The van der Waals surface area contributed by atoms with Gasteiger partial charge in [-0.05, 0) is 12.1 Å². The van der Waals surface area contributed by atoms with Crippen LogP contribution in [0.4, 0.5) is 5.82 Å². The van der Waals surface area contributed by atoms with E-state index in [1.54, 1.807) is 41.6 Å². The molecule has 0 radical (unpaired) electrons. The number of oxazole rings is 1. The predicted octanol–water partition coefficient (Wildman–Crippen LogP) is 1.13. The van der Waals surface area contributed by atoms with E-state index >= 15 is 0 Å². The normalized spacial score (nSPS) is 16.5. The highest BCUT2D eigenvalue weighted by Gasteiger charge is 2.29. The third-order valence-electron chi connectivity index (χ3n) is 4.71. The quantitative estimate of drug-likeness (QED) is 0.652. The second-order valence-corrected chi connectivity index (χ2v) is 6.87. The molecular weight excluding hydrogens is 362 g/mol. The number of aromatic nitrogens is 3. The largest absolute Gasteiger partial charge is 0.470 e. The summed E-state index contributed by atoms with van der Waals surface area (Å²) in [6.45, 7) is 0.940. The summed E-state index contributed by atoms with van der Waals surface area (Å²) in [7, 11) is 3.74. The number of ether oxygens (including phenoxy) is 1. The molecule has 1 saturated heterocycles. The molecule has 28 heavy (non-hydrogen) atoms. The molecule has 1 aromatic carbocycles. The van der Waals surface area contributed by atoms with E-state index in [9.17, 15) is 9.59 Å². The molecule has 146 valence electrons. The first-order valence-corrected chi connectivity index (χ1v) is 9.04. The summed E-state index contributed by atoms with van der Waals surface area (Å²) in [6, 6.07) is 7.07. The van der Waals surface area contributed by atoms with E-state index in [1.165, 1.54) is 4.57 Å². The smallest absolute Gasteiger partial charge is 0.420 e. The van der Waals surface area contributed by atoms with Gasteiger partial charge in [0.2, 0.25) is 5.91 Å². The van der Waals surface area contributed by atoms with Gasteiger partial charge in [0.1, 0.15) is 12.6 Å². The molecule has 1 atom stereocenters. The van der Waals surface area contributed by atoms with Crippen molar-refractivity contribution in [2.45, 2.75) is 19.1 Å². The lowest BCUT2D eigenvalue weighted by molar-refractivity contribution is -0.131. The molecule has 1 aliphatic heterocycles. The molecule has 1 amide bonds. The van der Waals surface area contributed by atoms with Gasteiger partial charge in [0.25, 0.3) is 5.88 Å². The zero-order valence-corrected chi connectivity index (χ0v) is 15.7. The molecule has 0 N–H and O–H groups in total. The Hall–Kier alpha value is -3.36. The fourth-order valence-corrected chi connectivity index (χ4v) is 3.32.